The molecule has 0 aliphatic carbocycles. The molecule has 0 spiro atoms. The summed E-state index contributed by atoms with van der Waals surface area (Å²) in [6.45, 7) is 11.2. The zero-order chi connectivity index (χ0) is 30.1. The molecule has 0 heterocycles. The van der Waals surface area contributed by atoms with Gasteiger partial charge in [0.25, 0.3) is 0 Å². The van der Waals surface area contributed by atoms with E-state index in [0.717, 1.165) is 6.07 Å². The second-order valence-corrected chi connectivity index (χ2v) is 13.5. The molecule has 0 radical (unpaired) electrons. The molecule has 218 valence electrons. The summed E-state index contributed by atoms with van der Waals surface area (Å²) in [5.74, 6) is 0.615. The van der Waals surface area contributed by atoms with Gasteiger partial charge in [0, 0.05) is 5.56 Å². The van der Waals surface area contributed by atoms with Gasteiger partial charge in [-0.05, 0) is 88.6 Å². The van der Waals surface area contributed by atoms with E-state index in [9.17, 15) is 30.0 Å². The van der Waals surface area contributed by atoms with E-state index in [-0.39, 0.29) is 5.56 Å². The average molecular weight is 603 g/mol. The molecule has 0 saturated heterocycles. The van der Waals surface area contributed by atoms with Crippen molar-refractivity contribution in [3.8, 4) is 39.5 Å². The van der Waals surface area contributed by atoms with Gasteiger partial charge in [0.15, 0.2) is 5.75 Å². The highest BCUT2D eigenvalue weighted by molar-refractivity contribution is 7.98. The Morgan fingerprint density at radius 1 is 0.625 bits per heavy atom. The fourth-order valence-electron chi connectivity index (χ4n) is 3.51. The van der Waals surface area contributed by atoms with Gasteiger partial charge >= 0.3 is 26.0 Å². The maximum atomic E-state index is 12.8. The van der Waals surface area contributed by atoms with Crippen LogP contribution in [0.25, 0.3) is 22.3 Å². The molecule has 0 aliphatic rings. The summed E-state index contributed by atoms with van der Waals surface area (Å²) in [5.41, 5.74) is -5.38. The average Bonchev–Trinajstić information content (AvgIpc) is 2.76. The zero-order valence-electron chi connectivity index (χ0n) is 22.6. The van der Waals surface area contributed by atoms with Gasteiger partial charge in [0.05, 0.1) is 0 Å². The van der Waals surface area contributed by atoms with Gasteiger partial charge in [-0.1, -0.05) is 36.4 Å². The number of ether oxygens (including phenoxy) is 2. The molecule has 0 saturated carbocycles. The van der Waals surface area contributed by atoms with Crippen molar-refractivity contribution in [1.29, 1.82) is 0 Å². The van der Waals surface area contributed by atoms with E-state index in [1.807, 2.05) is 41.5 Å². The van der Waals surface area contributed by atoms with E-state index in [1.54, 1.807) is 54.6 Å². The maximum absolute atomic E-state index is 12.8. The largest absolute Gasteiger partial charge is 0.524 e. The normalized spacial score (nSPS) is 13.1. The van der Waals surface area contributed by atoms with Crippen molar-refractivity contribution in [3.63, 3.8) is 0 Å². The molecule has 13 heteroatoms. The Morgan fingerprint density at radius 3 is 1.50 bits per heavy atom. The van der Waals surface area contributed by atoms with Gasteiger partial charge in [0.1, 0.15) is 22.7 Å². The van der Waals surface area contributed by atoms with Gasteiger partial charge in [0.2, 0.25) is 0 Å². The fourth-order valence-corrected chi connectivity index (χ4v) is 5.17. The topological polar surface area (TPSA) is 105 Å². The van der Waals surface area contributed by atoms with Crippen molar-refractivity contribution in [2.24, 2.45) is 0 Å². The Labute approximate surface area is 232 Å². The molecule has 0 aromatic heterocycles. The van der Waals surface area contributed by atoms with E-state index >= 15 is 0 Å². The third-order valence-electron chi connectivity index (χ3n) is 4.83. The lowest BCUT2D eigenvalue weighted by Crippen LogP contribution is -2.30. The lowest BCUT2D eigenvalue weighted by atomic mass is 9.93. The third kappa shape index (κ3) is 8.35. The molecule has 40 heavy (non-hydrogen) atoms. The first kappa shape index (κ1) is 31.2. The van der Waals surface area contributed by atoms with Crippen LogP contribution in [0.4, 0.5) is 13.2 Å². The minimum Gasteiger partial charge on any atom is -0.488 e. The fraction of sp³-hybridized carbons (Fsp3) is 0.333. The summed E-state index contributed by atoms with van der Waals surface area (Å²) in [5, 5.41) is 0. The Morgan fingerprint density at radius 2 is 1.07 bits per heavy atom. The van der Waals surface area contributed by atoms with Gasteiger partial charge < -0.3 is 13.7 Å². The monoisotopic (exact) mass is 602 g/mol. The maximum Gasteiger partial charge on any atom is 0.524 e. The van der Waals surface area contributed by atoms with Crippen LogP contribution >= 0.6 is 0 Å². The van der Waals surface area contributed by atoms with Gasteiger partial charge in [-0.3, -0.25) is 0 Å². The van der Waals surface area contributed by atoms with Gasteiger partial charge in [-0.2, -0.15) is 30.0 Å². The number of rotatable bonds is 8. The van der Waals surface area contributed by atoms with Crippen LogP contribution in [0.15, 0.2) is 66.7 Å². The van der Waals surface area contributed by atoms with Gasteiger partial charge in [-0.25, -0.2) is 0 Å². The first-order chi connectivity index (χ1) is 18.2. The molecule has 0 N–H and O–H groups in total. The molecule has 0 unspecified atom stereocenters. The van der Waals surface area contributed by atoms with Crippen LogP contribution in [-0.2, 0) is 24.1 Å². The summed E-state index contributed by atoms with van der Waals surface area (Å²) < 4.78 is 106. The second-order valence-electron chi connectivity index (χ2n) is 10.6. The molecule has 0 bridgehead atoms. The Hall–Kier alpha value is -3.29. The Balaban J connectivity index is 2.13. The van der Waals surface area contributed by atoms with Crippen LogP contribution in [0.5, 0.6) is 17.2 Å². The summed E-state index contributed by atoms with van der Waals surface area (Å²) in [4.78, 5) is 0. The summed E-state index contributed by atoms with van der Waals surface area (Å²) in [7, 11) is -12.2. The summed E-state index contributed by atoms with van der Waals surface area (Å²) >= 11 is 0. The molecule has 0 aliphatic heterocycles. The zero-order valence-corrected chi connectivity index (χ0v) is 24.2. The lowest BCUT2D eigenvalue weighted by molar-refractivity contribution is -0.0501. The van der Waals surface area contributed by atoms with Crippen LogP contribution < -0.4 is 13.7 Å². The number of halogens is 3. The SMILES string of the molecule is CC(C)(C)Oc1ccc(-c2cccc(OS(=O)(=O)OS(=O)(=O)C(F)(F)F)c2-c2ccc(OC(C)(C)C)cc2)cc1. The first-order valence-electron chi connectivity index (χ1n) is 11.8. The number of benzene rings is 3. The van der Waals surface area contributed by atoms with Crippen molar-refractivity contribution in [2.75, 3.05) is 0 Å². The molecule has 3 rings (SSSR count). The lowest BCUT2D eigenvalue weighted by Gasteiger charge is -2.22. The second kappa shape index (κ2) is 10.9. The highest BCUT2D eigenvalue weighted by atomic mass is 32.3. The summed E-state index contributed by atoms with van der Waals surface area (Å²) in [6, 6.07) is 17.5. The molecular formula is C27H29F3O8S2. The van der Waals surface area contributed by atoms with Crippen LogP contribution in [-0.4, -0.2) is 33.5 Å². The Kier molecular flexibility index (Phi) is 8.54. The minimum atomic E-state index is -6.50. The van der Waals surface area contributed by atoms with Crippen molar-refractivity contribution < 1.29 is 47.3 Å². The molecule has 0 fully saturated rings. The van der Waals surface area contributed by atoms with Gasteiger partial charge in [-0.15, -0.1) is 3.63 Å². The van der Waals surface area contributed by atoms with E-state index in [0.29, 0.717) is 28.2 Å². The third-order valence-corrected chi connectivity index (χ3v) is 7.16. The smallest absolute Gasteiger partial charge is 0.488 e. The molecule has 3 aromatic carbocycles. The Bertz CT molecular complexity index is 1550. The molecule has 0 atom stereocenters. The number of hydrogen-bond acceptors (Lipinski definition) is 8. The van der Waals surface area contributed by atoms with Crippen LogP contribution in [0.2, 0.25) is 0 Å². The van der Waals surface area contributed by atoms with E-state index in [2.05, 4.69) is 3.63 Å². The first-order valence-corrected chi connectivity index (χ1v) is 14.6. The predicted molar refractivity (Wildman–Crippen MR) is 144 cm³/mol. The predicted octanol–water partition coefficient (Wildman–Crippen LogP) is 6.87. The van der Waals surface area contributed by atoms with Crippen LogP contribution in [0.1, 0.15) is 41.5 Å². The molecule has 0 amide bonds. The minimum absolute atomic E-state index is 0.144. The standard InChI is InChI=1S/C27H29F3O8S2/c1-25(2,3)35-20-14-10-18(11-15-20)22-8-7-9-23(37-40(33,34)38-39(31,32)27(28,29)30)24(22)19-12-16-21(17-13-19)36-26(4,5)6/h7-17H,1-6H3. The van der Waals surface area contributed by atoms with Crippen molar-refractivity contribution in [1.82, 2.24) is 0 Å². The highest BCUT2D eigenvalue weighted by Gasteiger charge is 2.51. The van der Waals surface area contributed by atoms with E-state index in [4.69, 9.17) is 13.7 Å². The molecule has 3 aromatic rings. The quantitative estimate of drug-likeness (QED) is 0.258. The van der Waals surface area contributed by atoms with Crippen LogP contribution in [0, 0.1) is 0 Å². The summed E-state index contributed by atoms with van der Waals surface area (Å²) in [6.07, 6.45) is 0. The molecule has 8 nitrogen and oxygen atoms in total. The number of hydrogen-bond donors (Lipinski definition) is 0. The number of alkyl halides is 3. The van der Waals surface area contributed by atoms with Crippen molar-refractivity contribution in [3.05, 3.63) is 66.7 Å². The van der Waals surface area contributed by atoms with Crippen LogP contribution in [0.3, 0.4) is 0 Å². The van der Waals surface area contributed by atoms with E-state index < -0.39 is 43.0 Å². The van der Waals surface area contributed by atoms with E-state index in [1.165, 1.54) is 6.07 Å². The molecular weight excluding hydrogens is 573 g/mol. The van der Waals surface area contributed by atoms with Crippen molar-refractivity contribution in [2.45, 2.75) is 58.3 Å². The van der Waals surface area contributed by atoms with Crippen molar-refractivity contribution >= 4 is 20.5 Å². The highest BCUT2D eigenvalue weighted by Crippen LogP contribution is 2.41.